The largest absolute Gasteiger partial charge is 0.381 e. The van der Waals surface area contributed by atoms with E-state index in [0.29, 0.717) is 24.1 Å². The first-order valence-corrected chi connectivity index (χ1v) is 6.60. The Morgan fingerprint density at radius 1 is 1.31 bits per heavy atom. The topological polar surface area (TPSA) is 29.5 Å². The SMILES string of the molecule is CCCCC(=O)N1C2CCC1CC(OC)C2. The van der Waals surface area contributed by atoms with Crippen LogP contribution in [-0.4, -0.2) is 36.1 Å². The number of hydrogen-bond acceptors (Lipinski definition) is 2. The van der Waals surface area contributed by atoms with Crippen LogP contribution in [0.1, 0.15) is 51.9 Å². The summed E-state index contributed by atoms with van der Waals surface area (Å²) in [5.41, 5.74) is 0. The zero-order chi connectivity index (χ0) is 11.5. The van der Waals surface area contributed by atoms with Gasteiger partial charge in [-0.05, 0) is 32.1 Å². The first-order valence-electron chi connectivity index (χ1n) is 6.60. The fourth-order valence-electron chi connectivity index (χ4n) is 3.18. The number of methoxy groups -OCH3 is 1. The molecule has 2 bridgehead atoms. The van der Waals surface area contributed by atoms with Crippen molar-refractivity contribution >= 4 is 5.91 Å². The first-order chi connectivity index (χ1) is 7.76. The lowest BCUT2D eigenvalue weighted by Crippen LogP contribution is -2.48. The van der Waals surface area contributed by atoms with Gasteiger partial charge in [0.2, 0.25) is 5.91 Å². The lowest BCUT2D eigenvalue weighted by molar-refractivity contribution is -0.138. The predicted molar refractivity (Wildman–Crippen MR) is 63.2 cm³/mol. The fourth-order valence-corrected chi connectivity index (χ4v) is 3.18. The van der Waals surface area contributed by atoms with Crippen molar-refractivity contribution in [1.29, 1.82) is 0 Å². The van der Waals surface area contributed by atoms with Crippen LogP contribution in [-0.2, 0) is 9.53 Å². The second kappa shape index (κ2) is 5.17. The molecule has 2 saturated heterocycles. The molecule has 0 N–H and O–H groups in total. The van der Waals surface area contributed by atoms with Gasteiger partial charge in [-0.3, -0.25) is 4.79 Å². The molecule has 2 atom stereocenters. The van der Waals surface area contributed by atoms with Gasteiger partial charge in [0.15, 0.2) is 0 Å². The molecule has 0 aromatic carbocycles. The molecule has 2 rings (SSSR count). The van der Waals surface area contributed by atoms with E-state index in [4.69, 9.17) is 4.74 Å². The van der Waals surface area contributed by atoms with E-state index >= 15 is 0 Å². The number of fused-ring (bicyclic) bond motifs is 2. The average molecular weight is 225 g/mol. The molecule has 0 spiro atoms. The van der Waals surface area contributed by atoms with Gasteiger partial charge in [-0.15, -0.1) is 0 Å². The lowest BCUT2D eigenvalue weighted by atomic mass is 9.99. The molecule has 3 heteroatoms. The predicted octanol–water partition coefficient (Wildman–Crippen LogP) is 2.35. The molecule has 2 unspecified atom stereocenters. The number of piperidine rings is 1. The van der Waals surface area contributed by atoms with Gasteiger partial charge in [-0.1, -0.05) is 13.3 Å². The number of hydrogen-bond donors (Lipinski definition) is 0. The third-order valence-electron chi connectivity index (χ3n) is 4.06. The highest BCUT2D eigenvalue weighted by atomic mass is 16.5. The molecule has 3 nitrogen and oxygen atoms in total. The highest BCUT2D eigenvalue weighted by Gasteiger charge is 2.42. The van der Waals surface area contributed by atoms with Crippen molar-refractivity contribution in [3.8, 4) is 0 Å². The number of nitrogens with zero attached hydrogens (tertiary/aromatic N) is 1. The summed E-state index contributed by atoms with van der Waals surface area (Å²) in [7, 11) is 1.79. The number of carbonyl (C=O) groups excluding carboxylic acids is 1. The summed E-state index contributed by atoms with van der Waals surface area (Å²) < 4.78 is 5.44. The Labute approximate surface area is 98.1 Å². The molecule has 1 amide bonds. The number of unbranched alkanes of at least 4 members (excludes halogenated alkanes) is 1. The first kappa shape index (κ1) is 11.9. The van der Waals surface area contributed by atoms with E-state index in [1.807, 2.05) is 0 Å². The number of carbonyl (C=O) groups is 1. The van der Waals surface area contributed by atoms with Crippen molar-refractivity contribution in [2.24, 2.45) is 0 Å². The second-order valence-electron chi connectivity index (χ2n) is 5.12. The van der Waals surface area contributed by atoms with E-state index in [2.05, 4.69) is 11.8 Å². The van der Waals surface area contributed by atoms with Crippen LogP contribution in [0.15, 0.2) is 0 Å². The Morgan fingerprint density at radius 3 is 2.44 bits per heavy atom. The highest BCUT2D eigenvalue weighted by molar-refractivity contribution is 5.77. The molecule has 2 fully saturated rings. The monoisotopic (exact) mass is 225 g/mol. The molecule has 16 heavy (non-hydrogen) atoms. The van der Waals surface area contributed by atoms with Gasteiger partial charge in [0.1, 0.15) is 0 Å². The minimum Gasteiger partial charge on any atom is -0.381 e. The van der Waals surface area contributed by atoms with Crippen LogP contribution in [0.5, 0.6) is 0 Å². The lowest BCUT2D eigenvalue weighted by Gasteiger charge is -2.38. The van der Waals surface area contributed by atoms with Crippen molar-refractivity contribution in [2.75, 3.05) is 7.11 Å². The Morgan fingerprint density at radius 2 is 1.94 bits per heavy atom. The Kier molecular flexibility index (Phi) is 3.85. The Hall–Kier alpha value is -0.570. The fraction of sp³-hybridized carbons (Fsp3) is 0.923. The van der Waals surface area contributed by atoms with Crippen LogP contribution in [0.2, 0.25) is 0 Å². The quantitative estimate of drug-likeness (QED) is 0.735. The second-order valence-corrected chi connectivity index (χ2v) is 5.12. The van der Waals surface area contributed by atoms with Crippen molar-refractivity contribution < 1.29 is 9.53 Å². The molecule has 0 aliphatic carbocycles. The smallest absolute Gasteiger partial charge is 0.223 e. The number of amides is 1. The molecule has 92 valence electrons. The van der Waals surface area contributed by atoms with Crippen LogP contribution < -0.4 is 0 Å². The third-order valence-corrected chi connectivity index (χ3v) is 4.06. The third kappa shape index (κ3) is 2.24. The summed E-state index contributed by atoms with van der Waals surface area (Å²) in [6.07, 6.45) is 7.72. The summed E-state index contributed by atoms with van der Waals surface area (Å²) in [5.74, 6) is 0.379. The summed E-state index contributed by atoms with van der Waals surface area (Å²) in [6, 6.07) is 0.932. The van der Waals surface area contributed by atoms with E-state index in [1.165, 1.54) is 12.8 Å². The molecular formula is C13H23NO2. The van der Waals surface area contributed by atoms with Gasteiger partial charge >= 0.3 is 0 Å². The van der Waals surface area contributed by atoms with Crippen LogP contribution in [0.25, 0.3) is 0 Å². The molecular weight excluding hydrogens is 202 g/mol. The zero-order valence-electron chi connectivity index (χ0n) is 10.4. The molecule has 2 aliphatic rings. The van der Waals surface area contributed by atoms with Gasteiger partial charge in [0.05, 0.1) is 6.10 Å². The van der Waals surface area contributed by atoms with E-state index < -0.39 is 0 Å². The maximum Gasteiger partial charge on any atom is 0.223 e. The van der Waals surface area contributed by atoms with E-state index in [9.17, 15) is 4.79 Å². The van der Waals surface area contributed by atoms with Gasteiger partial charge in [0.25, 0.3) is 0 Å². The molecule has 2 aliphatic heterocycles. The van der Waals surface area contributed by atoms with Crippen LogP contribution in [0.4, 0.5) is 0 Å². The van der Waals surface area contributed by atoms with E-state index in [0.717, 1.165) is 32.1 Å². The summed E-state index contributed by atoms with van der Waals surface area (Å²) >= 11 is 0. The van der Waals surface area contributed by atoms with Crippen molar-refractivity contribution in [3.05, 3.63) is 0 Å². The molecule has 2 heterocycles. The van der Waals surface area contributed by atoms with Gasteiger partial charge in [-0.25, -0.2) is 0 Å². The minimum atomic E-state index is 0.379. The molecule has 0 aromatic heterocycles. The zero-order valence-corrected chi connectivity index (χ0v) is 10.4. The van der Waals surface area contributed by atoms with Crippen molar-refractivity contribution in [2.45, 2.75) is 70.1 Å². The van der Waals surface area contributed by atoms with Gasteiger partial charge in [-0.2, -0.15) is 0 Å². The average Bonchev–Trinajstić information content (AvgIpc) is 2.57. The summed E-state index contributed by atoms with van der Waals surface area (Å²) in [5, 5.41) is 0. The van der Waals surface area contributed by atoms with Gasteiger partial charge in [0, 0.05) is 25.6 Å². The number of ether oxygens (including phenoxy) is 1. The van der Waals surface area contributed by atoms with Crippen LogP contribution in [0.3, 0.4) is 0 Å². The Balaban J connectivity index is 1.94. The molecule has 0 aromatic rings. The standard InChI is InChI=1S/C13H23NO2/c1-3-4-5-13(15)14-10-6-7-11(14)9-12(8-10)16-2/h10-12H,3-9H2,1-2H3. The maximum absolute atomic E-state index is 12.1. The summed E-state index contributed by atoms with van der Waals surface area (Å²) in [4.78, 5) is 14.3. The Bertz CT molecular complexity index is 240. The van der Waals surface area contributed by atoms with Crippen molar-refractivity contribution in [3.63, 3.8) is 0 Å². The van der Waals surface area contributed by atoms with Gasteiger partial charge < -0.3 is 9.64 Å². The van der Waals surface area contributed by atoms with E-state index in [1.54, 1.807) is 7.11 Å². The summed E-state index contributed by atoms with van der Waals surface area (Å²) in [6.45, 7) is 2.14. The van der Waals surface area contributed by atoms with Crippen LogP contribution in [0, 0.1) is 0 Å². The highest BCUT2D eigenvalue weighted by Crippen LogP contribution is 2.37. The molecule has 0 radical (unpaired) electrons. The minimum absolute atomic E-state index is 0.379. The normalized spacial score (nSPS) is 33.1. The van der Waals surface area contributed by atoms with E-state index in [-0.39, 0.29) is 0 Å². The number of rotatable bonds is 4. The van der Waals surface area contributed by atoms with Crippen molar-refractivity contribution in [1.82, 2.24) is 4.90 Å². The molecule has 0 saturated carbocycles. The maximum atomic E-state index is 12.1. The van der Waals surface area contributed by atoms with Crippen LogP contribution >= 0.6 is 0 Å².